The van der Waals surface area contributed by atoms with Crippen molar-refractivity contribution in [3.8, 4) is 11.1 Å². The molecule has 0 saturated heterocycles. The van der Waals surface area contributed by atoms with Gasteiger partial charge in [0.05, 0.1) is 13.5 Å². The molecule has 0 unspecified atom stereocenters. The van der Waals surface area contributed by atoms with E-state index in [1.165, 1.54) is 12.2 Å². The number of rotatable bonds is 4. The quantitative estimate of drug-likeness (QED) is 0.799. The number of carbonyl (C=O) groups excluding carboxylic acids is 1. The van der Waals surface area contributed by atoms with Crippen LogP contribution in [0.25, 0.3) is 11.1 Å². The van der Waals surface area contributed by atoms with Crippen molar-refractivity contribution in [3.63, 3.8) is 0 Å². The molecule has 0 bridgehead atoms. The highest BCUT2D eigenvalue weighted by atomic mass is 79.9. The fourth-order valence-electron chi connectivity index (χ4n) is 1.85. The van der Waals surface area contributed by atoms with Gasteiger partial charge in [-0.1, -0.05) is 52.3 Å². The van der Waals surface area contributed by atoms with Gasteiger partial charge in [0.2, 0.25) is 5.91 Å². The third-order valence-electron chi connectivity index (χ3n) is 3.11. The lowest BCUT2D eigenvalue weighted by atomic mass is 10.0. The van der Waals surface area contributed by atoms with E-state index < -0.39 is 0 Å². The number of hydrogen-bond donors (Lipinski definition) is 0. The molecule has 0 N–H and O–H groups in total. The molecule has 0 heterocycles. The fourth-order valence-corrected chi connectivity index (χ4v) is 2.11. The Morgan fingerprint density at radius 2 is 1.55 bits per heavy atom. The van der Waals surface area contributed by atoms with Crippen LogP contribution >= 0.6 is 15.9 Å². The van der Waals surface area contributed by atoms with Crippen molar-refractivity contribution >= 4 is 21.8 Å². The normalized spacial score (nSPS) is 10.3. The van der Waals surface area contributed by atoms with Crippen molar-refractivity contribution < 1.29 is 9.63 Å². The molecule has 20 heavy (non-hydrogen) atoms. The van der Waals surface area contributed by atoms with Crippen LogP contribution in [0.3, 0.4) is 0 Å². The molecule has 4 heteroatoms. The maximum Gasteiger partial charge on any atom is 0.250 e. The Hall–Kier alpha value is -1.65. The Balaban J connectivity index is 2.10. The lowest BCUT2D eigenvalue weighted by molar-refractivity contribution is -0.167. The zero-order chi connectivity index (χ0) is 14.5. The summed E-state index contributed by atoms with van der Waals surface area (Å²) < 4.78 is 1.06. The average Bonchev–Trinajstić information content (AvgIpc) is 2.48. The Bertz CT molecular complexity index is 578. The second-order valence-electron chi connectivity index (χ2n) is 4.45. The number of halogens is 1. The number of hydrogen-bond acceptors (Lipinski definition) is 2. The second-order valence-corrected chi connectivity index (χ2v) is 5.37. The minimum Gasteiger partial charge on any atom is -0.275 e. The van der Waals surface area contributed by atoms with E-state index in [4.69, 9.17) is 4.84 Å². The van der Waals surface area contributed by atoms with Gasteiger partial charge in [0.1, 0.15) is 0 Å². The predicted octanol–water partition coefficient (Wildman–Crippen LogP) is 3.68. The van der Waals surface area contributed by atoms with Gasteiger partial charge in [-0.25, -0.2) is 5.06 Å². The van der Waals surface area contributed by atoms with E-state index in [2.05, 4.69) is 28.1 Å². The zero-order valence-corrected chi connectivity index (χ0v) is 13.1. The predicted molar refractivity (Wildman–Crippen MR) is 83.1 cm³/mol. The van der Waals surface area contributed by atoms with Crippen molar-refractivity contribution in [2.45, 2.75) is 6.42 Å². The third-order valence-corrected chi connectivity index (χ3v) is 3.64. The van der Waals surface area contributed by atoms with Crippen molar-refractivity contribution in [2.75, 3.05) is 14.2 Å². The smallest absolute Gasteiger partial charge is 0.250 e. The monoisotopic (exact) mass is 333 g/mol. The summed E-state index contributed by atoms with van der Waals surface area (Å²) in [4.78, 5) is 16.6. The summed E-state index contributed by atoms with van der Waals surface area (Å²) in [5.41, 5.74) is 3.26. The first-order chi connectivity index (χ1) is 9.60. The average molecular weight is 334 g/mol. The molecule has 2 aromatic carbocycles. The molecule has 3 nitrogen and oxygen atoms in total. The van der Waals surface area contributed by atoms with Gasteiger partial charge in [-0.3, -0.25) is 9.63 Å². The molecule has 2 rings (SSSR count). The first kappa shape index (κ1) is 14.8. The minimum absolute atomic E-state index is 0.0658. The molecule has 0 saturated carbocycles. The van der Waals surface area contributed by atoms with Crippen LogP contribution in [0.4, 0.5) is 0 Å². The first-order valence-corrected chi connectivity index (χ1v) is 7.05. The second kappa shape index (κ2) is 6.68. The number of hydroxylamine groups is 2. The number of likely N-dealkylation sites (N-methyl/N-ethyl adjacent to an activating group) is 1. The van der Waals surface area contributed by atoms with E-state index in [1.54, 1.807) is 7.05 Å². The lowest BCUT2D eigenvalue weighted by Gasteiger charge is -2.13. The summed E-state index contributed by atoms with van der Waals surface area (Å²) >= 11 is 3.42. The van der Waals surface area contributed by atoms with E-state index in [9.17, 15) is 4.79 Å². The lowest BCUT2D eigenvalue weighted by Crippen LogP contribution is -2.26. The van der Waals surface area contributed by atoms with E-state index in [0.717, 1.165) is 21.2 Å². The molecule has 0 spiro atoms. The summed E-state index contributed by atoms with van der Waals surface area (Å²) in [5, 5.41) is 1.24. The Morgan fingerprint density at radius 3 is 2.05 bits per heavy atom. The molecule has 1 amide bonds. The molecule has 104 valence electrons. The van der Waals surface area contributed by atoms with Gasteiger partial charge in [0, 0.05) is 11.5 Å². The summed E-state index contributed by atoms with van der Waals surface area (Å²) in [6.45, 7) is 0. The van der Waals surface area contributed by atoms with Crippen LogP contribution in [0.1, 0.15) is 5.56 Å². The Kier molecular flexibility index (Phi) is 4.93. The van der Waals surface area contributed by atoms with Crippen molar-refractivity contribution in [3.05, 3.63) is 58.6 Å². The number of benzene rings is 2. The van der Waals surface area contributed by atoms with E-state index in [-0.39, 0.29) is 5.91 Å². The topological polar surface area (TPSA) is 29.5 Å². The maximum atomic E-state index is 11.7. The summed E-state index contributed by atoms with van der Waals surface area (Å²) in [5.74, 6) is -0.0658. The Labute approximate surface area is 127 Å². The summed E-state index contributed by atoms with van der Waals surface area (Å²) in [7, 11) is 3.09. The van der Waals surface area contributed by atoms with Crippen molar-refractivity contribution in [2.24, 2.45) is 0 Å². The molecule has 0 fully saturated rings. The third kappa shape index (κ3) is 3.68. The number of amides is 1. The van der Waals surface area contributed by atoms with Gasteiger partial charge in [0.25, 0.3) is 0 Å². The van der Waals surface area contributed by atoms with Crippen molar-refractivity contribution in [1.29, 1.82) is 0 Å². The van der Waals surface area contributed by atoms with Gasteiger partial charge in [0.15, 0.2) is 0 Å². The highest BCUT2D eigenvalue weighted by Crippen LogP contribution is 2.22. The van der Waals surface area contributed by atoms with Crippen LogP contribution in [0.5, 0.6) is 0 Å². The van der Waals surface area contributed by atoms with Crippen LogP contribution < -0.4 is 0 Å². The molecular formula is C16H16BrNO2. The van der Waals surface area contributed by atoms with Gasteiger partial charge >= 0.3 is 0 Å². The molecule has 2 aromatic rings. The molecule has 0 radical (unpaired) electrons. The highest BCUT2D eigenvalue weighted by molar-refractivity contribution is 9.10. The highest BCUT2D eigenvalue weighted by Gasteiger charge is 2.08. The van der Waals surface area contributed by atoms with Crippen LogP contribution in [0.15, 0.2) is 53.0 Å². The SMILES string of the molecule is CON(C)C(=O)Cc1ccc(-c2ccc(Br)cc2)cc1. The van der Waals surface area contributed by atoms with Crippen molar-refractivity contribution in [1.82, 2.24) is 5.06 Å². The maximum absolute atomic E-state index is 11.7. The zero-order valence-electron chi connectivity index (χ0n) is 11.5. The van der Waals surface area contributed by atoms with E-state index in [1.807, 2.05) is 36.4 Å². The molecule has 0 atom stereocenters. The van der Waals surface area contributed by atoms with Gasteiger partial charge in [-0.2, -0.15) is 0 Å². The molecule has 0 aromatic heterocycles. The van der Waals surface area contributed by atoms with Crippen LogP contribution in [0, 0.1) is 0 Å². The standard InChI is InChI=1S/C16H16BrNO2/c1-18(20-2)16(19)11-12-3-5-13(6-4-12)14-7-9-15(17)10-8-14/h3-10H,11H2,1-2H3. The van der Waals surface area contributed by atoms with Gasteiger partial charge in [-0.15, -0.1) is 0 Å². The van der Waals surface area contributed by atoms with Crippen LogP contribution in [-0.2, 0) is 16.1 Å². The Morgan fingerprint density at radius 1 is 1.05 bits per heavy atom. The van der Waals surface area contributed by atoms with Gasteiger partial charge < -0.3 is 0 Å². The largest absolute Gasteiger partial charge is 0.275 e. The number of carbonyl (C=O) groups is 1. The molecule has 0 aliphatic rings. The van der Waals surface area contributed by atoms with E-state index in [0.29, 0.717) is 6.42 Å². The van der Waals surface area contributed by atoms with E-state index >= 15 is 0 Å². The molecule has 0 aliphatic heterocycles. The van der Waals surface area contributed by atoms with Crippen LogP contribution in [0.2, 0.25) is 0 Å². The van der Waals surface area contributed by atoms with Gasteiger partial charge in [-0.05, 0) is 28.8 Å². The number of nitrogens with zero attached hydrogens (tertiary/aromatic N) is 1. The summed E-state index contributed by atoms with van der Waals surface area (Å²) in [6, 6.07) is 16.1. The molecule has 0 aliphatic carbocycles. The summed E-state index contributed by atoms with van der Waals surface area (Å²) in [6.07, 6.45) is 0.338. The molecular weight excluding hydrogens is 318 g/mol. The van der Waals surface area contributed by atoms with Crippen LogP contribution in [-0.4, -0.2) is 25.1 Å². The minimum atomic E-state index is -0.0658. The first-order valence-electron chi connectivity index (χ1n) is 6.25. The fraction of sp³-hybridized carbons (Fsp3) is 0.188.